The van der Waals surface area contributed by atoms with Crippen molar-refractivity contribution >= 4 is 39.2 Å². The van der Waals surface area contributed by atoms with Crippen molar-refractivity contribution < 1.29 is 19.8 Å². The van der Waals surface area contributed by atoms with E-state index in [0.717, 1.165) is 8.66 Å². The molecule has 6 heteroatoms. The van der Waals surface area contributed by atoms with Crippen LogP contribution in [-0.2, 0) is 16.0 Å². The SMILES string of the molecule is O=C(O)CC(Cc1ccc(Br)s1)C(=O)O. The largest absolute Gasteiger partial charge is 0.481 e. The highest BCUT2D eigenvalue weighted by Crippen LogP contribution is 2.25. The first kappa shape index (κ1) is 12.2. The minimum Gasteiger partial charge on any atom is -0.481 e. The topological polar surface area (TPSA) is 74.6 Å². The second kappa shape index (κ2) is 5.27. The van der Waals surface area contributed by atoms with E-state index in [-0.39, 0.29) is 12.8 Å². The van der Waals surface area contributed by atoms with E-state index in [9.17, 15) is 9.59 Å². The molecular formula is C9H9BrO4S. The molecule has 1 atom stereocenters. The molecule has 0 aliphatic heterocycles. The van der Waals surface area contributed by atoms with Crippen LogP contribution in [-0.4, -0.2) is 22.2 Å². The van der Waals surface area contributed by atoms with Crippen LogP contribution in [0.4, 0.5) is 0 Å². The molecule has 0 amide bonds. The van der Waals surface area contributed by atoms with Crippen LogP contribution in [0.1, 0.15) is 11.3 Å². The standard InChI is InChI=1S/C9H9BrO4S/c10-7-2-1-6(15-7)3-5(9(13)14)4-8(11)12/h1-2,5H,3-4H2,(H,11,12)(H,13,14). The maximum atomic E-state index is 10.8. The van der Waals surface area contributed by atoms with Gasteiger partial charge in [0.2, 0.25) is 0 Å². The van der Waals surface area contributed by atoms with E-state index >= 15 is 0 Å². The summed E-state index contributed by atoms with van der Waals surface area (Å²) in [5.74, 6) is -3.01. The van der Waals surface area contributed by atoms with Gasteiger partial charge in [-0.3, -0.25) is 9.59 Å². The average molecular weight is 293 g/mol. The molecule has 15 heavy (non-hydrogen) atoms. The number of carboxylic acid groups (broad SMARTS) is 2. The van der Waals surface area contributed by atoms with Gasteiger partial charge in [0.15, 0.2) is 0 Å². The van der Waals surface area contributed by atoms with Crippen molar-refractivity contribution in [3.05, 3.63) is 20.8 Å². The van der Waals surface area contributed by atoms with E-state index in [1.165, 1.54) is 11.3 Å². The second-order valence-electron chi connectivity index (χ2n) is 3.04. The maximum Gasteiger partial charge on any atom is 0.307 e. The van der Waals surface area contributed by atoms with Gasteiger partial charge in [-0.05, 0) is 34.5 Å². The average Bonchev–Trinajstić information content (AvgIpc) is 2.49. The Balaban J connectivity index is 2.66. The number of halogens is 1. The molecule has 0 aromatic carbocycles. The first-order valence-corrected chi connectivity index (χ1v) is 5.79. The summed E-state index contributed by atoms with van der Waals surface area (Å²) in [4.78, 5) is 22.1. The second-order valence-corrected chi connectivity index (χ2v) is 5.59. The van der Waals surface area contributed by atoms with Crippen LogP contribution in [0.15, 0.2) is 15.9 Å². The van der Waals surface area contributed by atoms with Gasteiger partial charge in [-0.2, -0.15) is 0 Å². The molecule has 1 heterocycles. The number of hydrogen-bond acceptors (Lipinski definition) is 3. The van der Waals surface area contributed by atoms with Crippen molar-refractivity contribution in [2.75, 3.05) is 0 Å². The smallest absolute Gasteiger partial charge is 0.307 e. The summed E-state index contributed by atoms with van der Waals surface area (Å²) in [5, 5.41) is 17.4. The van der Waals surface area contributed by atoms with Gasteiger partial charge in [0.1, 0.15) is 0 Å². The Kier molecular flexibility index (Phi) is 4.28. The summed E-state index contributed by atoms with van der Waals surface area (Å²) in [6.07, 6.45) is -0.0806. The van der Waals surface area contributed by atoms with Crippen LogP contribution in [0.2, 0.25) is 0 Å². The molecule has 1 aromatic rings. The van der Waals surface area contributed by atoms with Gasteiger partial charge >= 0.3 is 11.9 Å². The van der Waals surface area contributed by atoms with Crippen molar-refractivity contribution in [3.8, 4) is 0 Å². The van der Waals surface area contributed by atoms with Gasteiger partial charge in [0.05, 0.1) is 16.1 Å². The zero-order chi connectivity index (χ0) is 11.4. The Morgan fingerprint density at radius 1 is 1.40 bits per heavy atom. The molecule has 0 saturated heterocycles. The molecule has 0 aliphatic rings. The molecule has 0 spiro atoms. The van der Waals surface area contributed by atoms with E-state index in [1.54, 1.807) is 6.07 Å². The van der Waals surface area contributed by atoms with E-state index in [1.807, 2.05) is 6.07 Å². The number of carbonyl (C=O) groups is 2. The van der Waals surface area contributed by atoms with Crippen LogP contribution in [0.5, 0.6) is 0 Å². The van der Waals surface area contributed by atoms with Crippen LogP contribution < -0.4 is 0 Å². The van der Waals surface area contributed by atoms with Crippen LogP contribution in [0, 0.1) is 5.92 Å². The van der Waals surface area contributed by atoms with Gasteiger partial charge in [-0.1, -0.05) is 0 Å². The Morgan fingerprint density at radius 2 is 2.07 bits per heavy atom. The third-order valence-electron chi connectivity index (χ3n) is 1.85. The summed E-state index contributed by atoms with van der Waals surface area (Å²) in [6.45, 7) is 0. The Labute approximate surface area is 98.7 Å². The molecule has 1 aromatic heterocycles. The number of aliphatic carboxylic acids is 2. The van der Waals surface area contributed by atoms with E-state index in [0.29, 0.717) is 0 Å². The molecular weight excluding hydrogens is 284 g/mol. The van der Waals surface area contributed by atoms with E-state index in [4.69, 9.17) is 10.2 Å². The molecule has 82 valence electrons. The lowest BCUT2D eigenvalue weighted by atomic mass is 10.0. The highest BCUT2D eigenvalue weighted by Gasteiger charge is 2.21. The minimum absolute atomic E-state index is 0.262. The highest BCUT2D eigenvalue weighted by atomic mass is 79.9. The lowest BCUT2D eigenvalue weighted by Crippen LogP contribution is -2.19. The molecule has 0 aliphatic carbocycles. The van der Waals surface area contributed by atoms with Gasteiger partial charge in [0.25, 0.3) is 0 Å². The van der Waals surface area contributed by atoms with Crippen molar-refractivity contribution in [1.82, 2.24) is 0 Å². The van der Waals surface area contributed by atoms with Crippen LogP contribution >= 0.6 is 27.3 Å². The van der Waals surface area contributed by atoms with Gasteiger partial charge < -0.3 is 10.2 Å². The molecule has 0 saturated carbocycles. The highest BCUT2D eigenvalue weighted by molar-refractivity contribution is 9.11. The van der Waals surface area contributed by atoms with Crippen molar-refractivity contribution in [2.24, 2.45) is 5.92 Å². The third-order valence-corrected chi connectivity index (χ3v) is 3.49. The number of thiophene rings is 1. The molecule has 0 radical (unpaired) electrons. The first-order chi connectivity index (χ1) is 6.99. The predicted molar refractivity (Wildman–Crippen MR) is 59.1 cm³/mol. The summed E-state index contributed by atoms with van der Waals surface area (Å²) < 4.78 is 0.914. The maximum absolute atomic E-state index is 10.8. The molecule has 4 nitrogen and oxygen atoms in total. The summed E-state index contributed by atoms with van der Waals surface area (Å²) in [6, 6.07) is 3.62. The summed E-state index contributed by atoms with van der Waals surface area (Å²) in [5.41, 5.74) is 0. The minimum atomic E-state index is -1.09. The van der Waals surface area contributed by atoms with Crippen molar-refractivity contribution in [1.29, 1.82) is 0 Å². The quantitative estimate of drug-likeness (QED) is 0.873. The Bertz CT molecular complexity index is 374. The van der Waals surface area contributed by atoms with Gasteiger partial charge in [-0.25, -0.2) is 0 Å². The van der Waals surface area contributed by atoms with Crippen LogP contribution in [0.3, 0.4) is 0 Å². The summed E-state index contributed by atoms with van der Waals surface area (Å²) in [7, 11) is 0. The Morgan fingerprint density at radius 3 is 2.47 bits per heavy atom. The fourth-order valence-electron chi connectivity index (χ4n) is 1.16. The predicted octanol–water partition coefficient (Wildman–Crippen LogP) is 2.23. The molecule has 1 unspecified atom stereocenters. The monoisotopic (exact) mass is 292 g/mol. The zero-order valence-electron chi connectivity index (χ0n) is 7.64. The van der Waals surface area contributed by atoms with Gasteiger partial charge in [-0.15, -0.1) is 11.3 Å². The molecule has 0 fully saturated rings. The third kappa shape index (κ3) is 4.01. The van der Waals surface area contributed by atoms with E-state index in [2.05, 4.69) is 15.9 Å². The first-order valence-electron chi connectivity index (χ1n) is 4.18. The molecule has 1 rings (SSSR count). The van der Waals surface area contributed by atoms with Crippen molar-refractivity contribution in [2.45, 2.75) is 12.8 Å². The summed E-state index contributed by atoms with van der Waals surface area (Å²) >= 11 is 4.69. The van der Waals surface area contributed by atoms with E-state index < -0.39 is 17.9 Å². The molecule has 0 bridgehead atoms. The molecule has 2 N–H and O–H groups in total. The Hall–Kier alpha value is -0.880. The van der Waals surface area contributed by atoms with Crippen molar-refractivity contribution in [3.63, 3.8) is 0 Å². The lowest BCUT2D eigenvalue weighted by molar-refractivity contribution is -0.148. The lowest BCUT2D eigenvalue weighted by Gasteiger charge is -2.07. The fourth-order valence-corrected chi connectivity index (χ4v) is 2.72. The number of rotatable bonds is 5. The van der Waals surface area contributed by atoms with Gasteiger partial charge in [0, 0.05) is 4.88 Å². The van der Waals surface area contributed by atoms with Crippen LogP contribution in [0.25, 0.3) is 0 Å². The zero-order valence-corrected chi connectivity index (χ0v) is 10.0. The number of hydrogen-bond donors (Lipinski definition) is 2. The fraction of sp³-hybridized carbons (Fsp3) is 0.333. The normalized spacial score (nSPS) is 12.3. The number of carboxylic acids is 2.